The first-order valence-corrected chi connectivity index (χ1v) is 25.6. The molecule has 0 aliphatic rings. The number of carbonyl (C=O) groups excluding carboxylic acids is 2. The van der Waals surface area contributed by atoms with Gasteiger partial charge in [0.25, 0.3) is 0 Å². The largest absolute Gasteiger partial charge is 0.472 e. The van der Waals surface area contributed by atoms with E-state index >= 15 is 0 Å². The van der Waals surface area contributed by atoms with E-state index in [0.29, 0.717) is 12.8 Å². The van der Waals surface area contributed by atoms with Crippen molar-refractivity contribution in [3.8, 4) is 0 Å². The van der Waals surface area contributed by atoms with Crippen molar-refractivity contribution in [2.45, 2.75) is 200 Å². The zero-order chi connectivity index (χ0) is 44.6. The molecule has 0 aromatic carbocycles. The van der Waals surface area contributed by atoms with Gasteiger partial charge in [-0.1, -0.05) is 182 Å². The summed E-state index contributed by atoms with van der Waals surface area (Å²) in [7, 11) is -4.39. The maximum atomic E-state index is 12.6. The fourth-order valence-corrected chi connectivity index (χ4v) is 6.99. The van der Waals surface area contributed by atoms with E-state index in [1.807, 2.05) is 0 Å². The van der Waals surface area contributed by atoms with E-state index in [1.54, 1.807) is 0 Å². The summed E-state index contributed by atoms with van der Waals surface area (Å²) in [6, 6.07) is 0. The van der Waals surface area contributed by atoms with E-state index < -0.39 is 32.5 Å². The average Bonchev–Trinajstić information content (AvgIpc) is 3.25. The third-order valence-electron chi connectivity index (χ3n) is 9.75. The molecule has 2 unspecified atom stereocenters. The van der Waals surface area contributed by atoms with Gasteiger partial charge in [0, 0.05) is 19.4 Å². The van der Waals surface area contributed by atoms with Crippen LogP contribution in [0.3, 0.4) is 0 Å². The summed E-state index contributed by atoms with van der Waals surface area (Å²) in [6.07, 6.45) is 59.1. The van der Waals surface area contributed by atoms with Crippen molar-refractivity contribution in [2.75, 3.05) is 26.4 Å². The standard InChI is InChI=1S/C51H88NO8P/c1-3-5-7-9-11-13-15-17-18-19-20-21-22-23-24-25-26-27-28-29-30-32-34-36-38-40-42-44-51(54)60-49(48-59-61(55,56)58-46-45-52)47-57-50(53)43-41-39-37-35-33-31-16-14-12-10-8-6-4-2/h5,7-8,10-11,13-14,16-18,20-21,23-24,49H,3-4,6,9,12,15,19,22,25-48,52H2,1-2H3,(H,55,56)/b7-5-,10-8-,13-11-,16-14-,18-17-,21-20-,24-23-. The Morgan fingerprint density at radius 1 is 0.508 bits per heavy atom. The van der Waals surface area contributed by atoms with Crippen LogP contribution in [0.5, 0.6) is 0 Å². The molecule has 0 heterocycles. The van der Waals surface area contributed by atoms with Crippen molar-refractivity contribution >= 4 is 19.8 Å². The average molecular weight is 874 g/mol. The highest BCUT2D eigenvalue weighted by atomic mass is 31.2. The number of esters is 2. The lowest BCUT2D eigenvalue weighted by Crippen LogP contribution is -2.29. The molecule has 0 rings (SSSR count). The molecule has 350 valence electrons. The maximum Gasteiger partial charge on any atom is 0.472 e. The molecule has 0 radical (unpaired) electrons. The van der Waals surface area contributed by atoms with Crippen LogP contribution < -0.4 is 5.73 Å². The molecular formula is C51H88NO8P. The predicted molar refractivity (Wildman–Crippen MR) is 256 cm³/mol. The van der Waals surface area contributed by atoms with E-state index in [2.05, 4.69) is 98.9 Å². The van der Waals surface area contributed by atoms with Crippen LogP contribution in [-0.2, 0) is 32.7 Å². The Hall–Kier alpha value is -2.81. The molecular weight excluding hydrogens is 786 g/mol. The number of hydrogen-bond donors (Lipinski definition) is 2. The zero-order valence-electron chi connectivity index (χ0n) is 38.6. The fraction of sp³-hybridized carbons (Fsp3) is 0.686. The van der Waals surface area contributed by atoms with Crippen LogP contribution in [-0.4, -0.2) is 49.3 Å². The van der Waals surface area contributed by atoms with E-state index in [0.717, 1.165) is 103 Å². The van der Waals surface area contributed by atoms with Crippen LogP contribution in [0.15, 0.2) is 85.1 Å². The fourth-order valence-electron chi connectivity index (χ4n) is 6.23. The van der Waals surface area contributed by atoms with Crippen molar-refractivity contribution in [1.82, 2.24) is 0 Å². The van der Waals surface area contributed by atoms with Crippen molar-refractivity contribution in [1.29, 1.82) is 0 Å². The number of phosphoric ester groups is 1. The first-order valence-electron chi connectivity index (χ1n) is 24.1. The second kappa shape index (κ2) is 46.7. The van der Waals surface area contributed by atoms with Gasteiger partial charge >= 0.3 is 19.8 Å². The van der Waals surface area contributed by atoms with Crippen LogP contribution in [0.1, 0.15) is 194 Å². The smallest absolute Gasteiger partial charge is 0.462 e. The normalized spacial score (nSPS) is 14.0. The van der Waals surface area contributed by atoms with Crippen LogP contribution in [0.25, 0.3) is 0 Å². The first-order chi connectivity index (χ1) is 29.8. The highest BCUT2D eigenvalue weighted by Crippen LogP contribution is 2.43. The van der Waals surface area contributed by atoms with E-state index in [4.69, 9.17) is 24.3 Å². The quantitative estimate of drug-likeness (QED) is 0.0265. The van der Waals surface area contributed by atoms with Gasteiger partial charge in [-0.15, -0.1) is 0 Å². The van der Waals surface area contributed by atoms with Gasteiger partial charge in [-0.2, -0.15) is 0 Å². The summed E-state index contributed by atoms with van der Waals surface area (Å²) in [6.45, 7) is 3.53. The summed E-state index contributed by atoms with van der Waals surface area (Å²) >= 11 is 0. The number of carbonyl (C=O) groups is 2. The number of ether oxygens (including phenoxy) is 2. The van der Waals surface area contributed by atoms with Crippen LogP contribution in [0.4, 0.5) is 0 Å². The molecule has 10 heteroatoms. The van der Waals surface area contributed by atoms with Gasteiger partial charge in [0.2, 0.25) is 0 Å². The third-order valence-corrected chi connectivity index (χ3v) is 10.7. The predicted octanol–water partition coefficient (Wildman–Crippen LogP) is 14.4. The summed E-state index contributed by atoms with van der Waals surface area (Å²) < 4.78 is 32.8. The maximum absolute atomic E-state index is 12.6. The Kier molecular flexibility index (Phi) is 44.5. The van der Waals surface area contributed by atoms with Gasteiger partial charge in [-0.3, -0.25) is 18.6 Å². The minimum absolute atomic E-state index is 0.0471. The number of unbranched alkanes of at least 4 members (excludes halogenated alkanes) is 17. The van der Waals surface area contributed by atoms with Gasteiger partial charge in [-0.05, 0) is 83.5 Å². The summed E-state index contributed by atoms with van der Waals surface area (Å²) in [5, 5.41) is 0. The Bertz CT molecular complexity index is 1270. The lowest BCUT2D eigenvalue weighted by atomic mass is 10.0. The summed E-state index contributed by atoms with van der Waals surface area (Å²) in [5.41, 5.74) is 5.35. The number of phosphoric acid groups is 1. The third kappa shape index (κ3) is 46.5. The number of hydrogen-bond acceptors (Lipinski definition) is 8. The summed E-state index contributed by atoms with van der Waals surface area (Å²) in [5.74, 6) is -0.853. The van der Waals surface area contributed by atoms with Gasteiger partial charge in [0.05, 0.1) is 13.2 Å². The van der Waals surface area contributed by atoms with E-state index in [9.17, 15) is 19.0 Å². The molecule has 2 atom stereocenters. The van der Waals surface area contributed by atoms with Gasteiger partial charge in [-0.25, -0.2) is 4.57 Å². The highest BCUT2D eigenvalue weighted by molar-refractivity contribution is 7.47. The van der Waals surface area contributed by atoms with E-state index in [-0.39, 0.29) is 32.6 Å². The molecule has 0 aliphatic carbocycles. The first kappa shape index (κ1) is 58.2. The molecule has 0 amide bonds. The molecule has 0 saturated heterocycles. The van der Waals surface area contributed by atoms with Crippen LogP contribution in [0.2, 0.25) is 0 Å². The van der Waals surface area contributed by atoms with Crippen LogP contribution >= 0.6 is 7.82 Å². The molecule has 61 heavy (non-hydrogen) atoms. The summed E-state index contributed by atoms with van der Waals surface area (Å²) in [4.78, 5) is 34.9. The van der Waals surface area contributed by atoms with Crippen molar-refractivity contribution < 1.29 is 37.6 Å². The second-order valence-electron chi connectivity index (χ2n) is 15.6. The lowest BCUT2D eigenvalue weighted by molar-refractivity contribution is -0.161. The molecule has 0 saturated carbocycles. The minimum Gasteiger partial charge on any atom is -0.462 e. The van der Waals surface area contributed by atoms with Gasteiger partial charge in [0.15, 0.2) is 6.10 Å². The van der Waals surface area contributed by atoms with Crippen molar-refractivity contribution in [2.24, 2.45) is 5.73 Å². The highest BCUT2D eigenvalue weighted by Gasteiger charge is 2.26. The molecule has 0 fully saturated rings. The molecule has 3 N–H and O–H groups in total. The Morgan fingerprint density at radius 3 is 1.34 bits per heavy atom. The molecule has 0 aliphatic heterocycles. The van der Waals surface area contributed by atoms with Crippen molar-refractivity contribution in [3.05, 3.63) is 85.1 Å². The molecule has 0 spiro atoms. The number of allylic oxidation sites excluding steroid dienone is 14. The Balaban J connectivity index is 4.05. The molecule has 0 aromatic heterocycles. The molecule has 0 aromatic rings. The SMILES string of the molecule is CC/C=C\C/C=C\C/C=C\C/C=C\C/C=C\CCCCCCCCCCCCCC(=O)OC(COC(=O)CCCCCCC/C=C\C/C=C\CCC)COP(=O)(O)OCCN. The Labute approximate surface area is 373 Å². The van der Waals surface area contributed by atoms with Crippen LogP contribution in [0, 0.1) is 0 Å². The van der Waals surface area contributed by atoms with Crippen molar-refractivity contribution in [3.63, 3.8) is 0 Å². The second-order valence-corrected chi connectivity index (χ2v) is 17.0. The minimum atomic E-state index is -4.39. The van der Waals surface area contributed by atoms with Gasteiger partial charge < -0.3 is 20.1 Å². The number of nitrogens with two attached hydrogens (primary N) is 1. The number of rotatable bonds is 44. The lowest BCUT2D eigenvalue weighted by Gasteiger charge is -2.19. The zero-order valence-corrected chi connectivity index (χ0v) is 39.5. The molecule has 9 nitrogen and oxygen atoms in total. The van der Waals surface area contributed by atoms with E-state index in [1.165, 1.54) is 51.4 Å². The van der Waals surface area contributed by atoms with Gasteiger partial charge in [0.1, 0.15) is 6.61 Å². The topological polar surface area (TPSA) is 134 Å². The molecule has 0 bridgehead atoms. The Morgan fingerprint density at radius 2 is 0.902 bits per heavy atom. The monoisotopic (exact) mass is 874 g/mol.